The molecule has 0 aliphatic carbocycles. The lowest BCUT2D eigenvalue weighted by Gasteiger charge is -2.23. The van der Waals surface area contributed by atoms with Crippen LogP contribution in [0.4, 0.5) is 11.5 Å². The topological polar surface area (TPSA) is 112 Å². The van der Waals surface area contributed by atoms with Crippen LogP contribution in [-0.2, 0) is 0 Å². The Morgan fingerprint density at radius 1 is 1.25 bits per heavy atom. The van der Waals surface area contributed by atoms with Crippen LogP contribution < -0.4 is 15.4 Å². The number of hydrogen-bond acceptors (Lipinski definition) is 7. The summed E-state index contributed by atoms with van der Waals surface area (Å²) in [5.41, 5.74) is 6.35. The molecule has 0 spiro atoms. The molecule has 7 nitrogen and oxygen atoms in total. The van der Waals surface area contributed by atoms with Gasteiger partial charge in [-0.3, -0.25) is 0 Å². The summed E-state index contributed by atoms with van der Waals surface area (Å²) in [5.74, 6) is 0.824. The zero-order valence-electron chi connectivity index (χ0n) is 11.7. The quantitative estimate of drug-likeness (QED) is 0.801. The molecule has 0 atom stereocenters. The Bertz CT molecular complexity index is 499. The summed E-state index contributed by atoms with van der Waals surface area (Å²) < 4.78 is 5.51. The Morgan fingerprint density at radius 2 is 1.85 bits per heavy atom. The second-order valence-electron chi connectivity index (χ2n) is 4.39. The van der Waals surface area contributed by atoms with Crippen molar-refractivity contribution in [3.63, 3.8) is 0 Å². The van der Waals surface area contributed by atoms with Crippen molar-refractivity contribution in [1.82, 2.24) is 9.97 Å². The predicted molar refractivity (Wildman–Crippen MR) is 74.9 cm³/mol. The lowest BCUT2D eigenvalue weighted by Crippen LogP contribution is -2.27. The summed E-state index contributed by atoms with van der Waals surface area (Å²) in [6.07, 6.45) is 1.98. The van der Waals surface area contributed by atoms with E-state index in [9.17, 15) is 0 Å². The fourth-order valence-electron chi connectivity index (χ4n) is 1.63. The average molecular weight is 274 g/mol. The SMILES string of the molecule is CC(C)Oc1ncnc(N(CCC#N)CCC#N)c1N. The fraction of sp³-hybridized carbons (Fsp3) is 0.538. The number of anilines is 2. The first-order valence-electron chi connectivity index (χ1n) is 6.36. The smallest absolute Gasteiger partial charge is 0.242 e. The van der Waals surface area contributed by atoms with E-state index >= 15 is 0 Å². The van der Waals surface area contributed by atoms with Gasteiger partial charge in [-0.1, -0.05) is 0 Å². The summed E-state index contributed by atoms with van der Waals surface area (Å²) in [7, 11) is 0. The van der Waals surface area contributed by atoms with Crippen LogP contribution in [0, 0.1) is 22.7 Å². The third-order valence-corrected chi connectivity index (χ3v) is 2.46. The van der Waals surface area contributed by atoms with E-state index in [4.69, 9.17) is 21.0 Å². The van der Waals surface area contributed by atoms with E-state index in [1.54, 1.807) is 4.90 Å². The largest absolute Gasteiger partial charge is 0.473 e. The van der Waals surface area contributed by atoms with Crippen LogP contribution >= 0.6 is 0 Å². The molecule has 0 aromatic carbocycles. The highest BCUT2D eigenvalue weighted by atomic mass is 16.5. The summed E-state index contributed by atoms with van der Waals surface area (Å²) >= 11 is 0. The molecule has 1 rings (SSSR count). The van der Waals surface area contributed by atoms with Gasteiger partial charge in [0.15, 0.2) is 5.82 Å². The minimum atomic E-state index is -0.0493. The molecule has 106 valence electrons. The minimum Gasteiger partial charge on any atom is -0.473 e. The van der Waals surface area contributed by atoms with Gasteiger partial charge in [0.2, 0.25) is 5.88 Å². The Labute approximate surface area is 118 Å². The highest BCUT2D eigenvalue weighted by molar-refractivity contribution is 5.67. The van der Waals surface area contributed by atoms with Crippen LogP contribution in [0.5, 0.6) is 5.88 Å². The molecular formula is C13H18N6O. The molecule has 0 radical (unpaired) electrons. The molecule has 1 aromatic rings. The van der Waals surface area contributed by atoms with Crippen LogP contribution in [0.2, 0.25) is 0 Å². The number of rotatable bonds is 7. The molecule has 0 aliphatic heterocycles. The molecule has 0 saturated heterocycles. The second-order valence-corrected chi connectivity index (χ2v) is 4.39. The maximum absolute atomic E-state index is 8.70. The van der Waals surface area contributed by atoms with Crippen molar-refractivity contribution in [1.29, 1.82) is 10.5 Å². The zero-order valence-corrected chi connectivity index (χ0v) is 11.7. The van der Waals surface area contributed by atoms with Crippen LogP contribution in [-0.4, -0.2) is 29.2 Å². The van der Waals surface area contributed by atoms with E-state index < -0.39 is 0 Å². The zero-order chi connectivity index (χ0) is 15.0. The Balaban J connectivity index is 3.00. The highest BCUT2D eigenvalue weighted by Crippen LogP contribution is 2.28. The fourth-order valence-corrected chi connectivity index (χ4v) is 1.63. The van der Waals surface area contributed by atoms with Gasteiger partial charge in [0, 0.05) is 13.1 Å². The third-order valence-electron chi connectivity index (χ3n) is 2.46. The molecule has 0 unspecified atom stereocenters. The first-order valence-corrected chi connectivity index (χ1v) is 6.36. The number of nitriles is 2. The van der Waals surface area contributed by atoms with Crippen molar-refractivity contribution in [2.45, 2.75) is 32.8 Å². The number of nitrogen functional groups attached to an aromatic ring is 1. The number of nitrogens with two attached hydrogens (primary N) is 1. The van der Waals surface area contributed by atoms with Gasteiger partial charge in [-0.25, -0.2) is 4.98 Å². The molecule has 20 heavy (non-hydrogen) atoms. The average Bonchev–Trinajstić information content (AvgIpc) is 2.41. The standard InChI is InChI=1S/C13H18N6O/c1-10(2)20-13-11(16)12(17-9-18-13)19(7-3-5-14)8-4-6-15/h9-10H,3-4,7-8,16H2,1-2H3. The molecule has 0 saturated carbocycles. The summed E-state index contributed by atoms with van der Waals surface area (Å²) in [6, 6.07) is 4.14. The van der Waals surface area contributed by atoms with Crippen molar-refractivity contribution in [2.75, 3.05) is 23.7 Å². The van der Waals surface area contributed by atoms with E-state index in [-0.39, 0.29) is 6.10 Å². The lowest BCUT2D eigenvalue weighted by molar-refractivity contribution is 0.234. The molecule has 1 heterocycles. The summed E-state index contributed by atoms with van der Waals surface area (Å²) in [5, 5.41) is 17.4. The molecule has 7 heteroatoms. The van der Waals surface area contributed by atoms with Crippen LogP contribution in [0.1, 0.15) is 26.7 Å². The van der Waals surface area contributed by atoms with Crippen LogP contribution in [0.25, 0.3) is 0 Å². The van der Waals surface area contributed by atoms with Gasteiger partial charge in [-0.2, -0.15) is 15.5 Å². The molecule has 0 amide bonds. The molecule has 0 bridgehead atoms. The van der Waals surface area contributed by atoms with Crippen molar-refractivity contribution < 1.29 is 4.74 Å². The van der Waals surface area contributed by atoms with E-state index in [0.717, 1.165) is 0 Å². The molecule has 1 aromatic heterocycles. The number of hydrogen-bond donors (Lipinski definition) is 1. The van der Waals surface area contributed by atoms with E-state index in [0.29, 0.717) is 43.3 Å². The maximum atomic E-state index is 8.70. The number of nitrogens with zero attached hydrogens (tertiary/aromatic N) is 5. The van der Waals surface area contributed by atoms with Gasteiger partial charge in [0.1, 0.15) is 12.0 Å². The Kier molecular flexibility index (Phi) is 6.05. The van der Waals surface area contributed by atoms with Gasteiger partial charge in [-0.05, 0) is 13.8 Å². The molecule has 0 aliphatic rings. The van der Waals surface area contributed by atoms with Crippen molar-refractivity contribution in [3.8, 4) is 18.0 Å². The first-order chi connectivity index (χ1) is 9.60. The van der Waals surface area contributed by atoms with E-state index in [1.807, 2.05) is 13.8 Å². The maximum Gasteiger partial charge on any atom is 0.242 e. The van der Waals surface area contributed by atoms with Crippen LogP contribution in [0.15, 0.2) is 6.33 Å². The summed E-state index contributed by atoms with van der Waals surface area (Å²) in [4.78, 5) is 9.95. The van der Waals surface area contributed by atoms with E-state index in [1.165, 1.54) is 6.33 Å². The number of aromatic nitrogens is 2. The Hall–Kier alpha value is -2.54. The van der Waals surface area contributed by atoms with Crippen LogP contribution in [0.3, 0.4) is 0 Å². The van der Waals surface area contributed by atoms with Gasteiger partial charge in [0.25, 0.3) is 0 Å². The molecule has 0 fully saturated rings. The first kappa shape index (κ1) is 15.5. The van der Waals surface area contributed by atoms with Gasteiger partial charge in [-0.15, -0.1) is 0 Å². The second kappa shape index (κ2) is 7.80. The number of ether oxygens (including phenoxy) is 1. The predicted octanol–water partition coefficient (Wildman–Crippen LogP) is 1.48. The van der Waals surface area contributed by atoms with Crippen molar-refractivity contribution in [2.24, 2.45) is 0 Å². The van der Waals surface area contributed by atoms with Crippen molar-refractivity contribution in [3.05, 3.63) is 6.33 Å². The van der Waals surface area contributed by atoms with E-state index in [2.05, 4.69) is 22.1 Å². The normalized spacial score (nSPS) is 9.85. The van der Waals surface area contributed by atoms with Gasteiger partial charge < -0.3 is 15.4 Å². The third kappa shape index (κ3) is 4.29. The van der Waals surface area contributed by atoms with Gasteiger partial charge >= 0.3 is 0 Å². The highest BCUT2D eigenvalue weighted by Gasteiger charge is 2.16. The monoisotopic (exact) mass is 274 g/mol. The molecule has 2 N–H and O–H groups in total. The minimum absolute atomic E-state index is 0.0493. The van der Waals surface area contributed by atoms with Crippen molar-refractivity contribution >= 4 is 11.5 Å². The Morgan fingerprint density at radius 3 is 2.35 bits per heavy atom. The molecular weight excluding hydrogens is 256 g/mol. The summed E-state index contributed by atoms with van der Waals surface area (Å²) in [6.45, 7) is 4.68. The lowest BCUT2D eigenvalue weighted by atomic mass is 10.3. The van der Waals surface area contributed by atoms with Gasteiger partial charge in [0.05, 0.1) is 31.1 Å².